The topological polar surface area (TPSA) is 76.4 Å². The number of carbonyl (C=O) groups excluding carboxylic acids is 1. The maximum atomic E-state index is 12.2. The van der Waals surface area contributed by atoms with Crippen LogP contribution in [0.1, 0.15) is 51.4 Å². The number of rotatable bonds is 5. The van der Waals surface area contributed by atoms with Gasteiger partial charge in [-0.05, 0) is 38.6 Å². The maximum Gasteiger partial charge on any atom is 0.235 e. The summed E-state index contributed by atoms with van der Waals surface area (Å²) >= 11 is 0. The van der Waals surface area contributed by atoms with Crippen molar-refractivity contribution in [1.29, 1.82) is 5.26 Å². The molecule has 2 unspecified atom stereocenters. The molecule has 2 aliphatic rings. The highest BCUT2D eigenvalue weighted by molar-refractivity contribution is 5.79. The Labute approximate surface area is 127 Å². The summed E-state index contributed by atoms with van der Waals surface area (Å²) in [6.45, 7) is 1.04. The molecule has 2 N–H and O–H groups in total. The lowest BCUT2D eigenvalue weighted by atomic mass is 9.83. The zero-order valence-electron chi connectivity index (χ0n) is 13.0. The van der Waals surface area contributed by atoms with Crippen molar-refractivity contribution in [2.24, 2.45) is 5.92 Å². The number of hydrogen-bond donors (Lipinski definition) is 2. The first-order chi connectivity index (χ1) is 10.0. The fourth-order valence-electron chi connectivity index (χ4n) is 3.67. The number of carbonyl (C=O) groups is 1. The molecular weight excluding hydrogens is 266 g/mol. The van der Waals surface area contributed by atoms with Crippen LogP contribution in [0, 0.1) is 17.2 Å². The molecule has 5 nitrogen and oxygen atoms in total. The Bertz CT molecular complexity index is 399. The minimum atomic E-state index is -0.650. The van der Waals surface area contributed by atoms with Gasteiger partial charge in [0.1, 0.15) is 5.54 Å². The van der Waals surface area contributed by atoms with Crippen LogP contribution in [-0.2, 0) is 4.79 Å². The summed E-state index contributed by atoms with van der Waals surface area (Å²) in [5.74, 6) is 0.204. The molecule has 2 fully saturated rings. The molecule has 2 rings (SSSR count). The number of likely N-dealkylation sites (N-methyl/N-ethyl adjacent to an activating group) is 1. The zero-order valence-corrected chi connectivity index (χ0v) is 13.0. The van der Waals surface area contributed by atoms with Crippen LogP contribution in [0.3, 0.4) is 0 Å². The van der Waals surface area contributed by atoms with Gasteiger partial charge in [0.25, 0.3) is 0 Å². The molecule has 21 heavy (non-hydrogen) atoms. The second kappa shape index (κ2) is 7.24. The fourth-order valence-corrected chi connectivity index (χ4v) is 3.67. The molecular formula is C16H27N3O2. The summed E-state index contributed by atoms with van der Waals surface area (Å²) in [4.78, 5) is 14.1. The van der Waals surface area contributed by atoms with E-state index in [1.54, 1.807) is 0 Å². The van der Waals surface area contributed by atoms with Gasteiger partial charge in [-0.2, -0.15) is 5.26 Å². The van der Waals surface area contributed by atoms with Gasteiger partial charge in [0, 0.05) is 6.54 Å². The molecule has 0 aliphatic heterocycles. The third-order valence-electron chi connectivity index (χ3n) is 4.88. The normalized spacial score (nSPS) is 28.3. The number of aliphatic hydroxyl groups excluding tert-OH is 1. The molecule has 2 aliphatic carbocycles. The molecule has 5 heteroatoms. The Balaban J connectivity index is 1.79. The molecule has 0 radical (unpaired) electrons. The lowest BCUT2D eigenvalue weighted by molar-refractivity contribution is -0.123. The van der Waals surface area contributed by atoms with E-state index in [1.165, 1.54) is 0 Å². The molecule has 0 bridgehead atoms. The van der Waals surface area contributed by atoms with E-state index in [9.17, 15) is 15.2 Å². The summed E-state index contributed by atoms with van der Waals surface area (Å²) in [6.07, 6.45) is 7.47. The smallest absolute Gasteiger partial charge is 0.235 e. The average Bonchev–Trinajstić information content (AvgIpc) is 2.85. The number of nitrogens with one attached hydrogen (secondary N) is 1. The predicted molar refractivity (Wildman–Crippen MR) is 80.4 cm³/mol. The Morgan fingerprint density at radius 2 is 2.05 bits per heavy atom. The Hall–Kier alpha value is -1.12. The van der Waals surface area contributed by atoms with Crippen molar-refractivity contribution < 1.29 is 9.90 Å². The van der Waals surface area contributed by atoms with Crippen LogP contribution in [0.15, 0.2) is 0 Å². The van der Waals surface area contributed by atoms with Gasteiger partial charge in [0.05, 0.1) is 18.7 Å². The van der Waals surface area contributed by atoms with Gasteiger partial charge >= 0.3 is 0 Å². The monoisotopic (exact) mass is 293 g/mol. The summed E-state index contributed by atoms with van der Waals surface area (Å²) in [5, 5.41) is 22.2. The second-order valence-electron chi connectivity index (χ2n) is 6.76. The van der Waals surface area contributed by atoms with E-state index in [2.05, 4.69) is 11.4 Å². The van der Waals surface area contributed by atoms with Crippen LogP contribution >= 0.6 is 0 Å². The van der Waals surface area contributed by atoms with Gasteiger partial charge < -0.3 is 10.4 Å². The summed E-state index contributed by atoms with van der Waals surface area (Å²) in [5.41, 5.74) is -0.650. The Morgan fingerprint density at radius 3 is 2.62 bits per heavy atom. The van der Waals surface area contributed by atoms with E-state index in [4.69, 9.17) is 0 Å². The standard InChI is InChI=1S/C16H27N3O2/c1-19(10-13-6-5-7-14(13)20)11-15(21)18-16(12-17)8-3-2-4-9-16/h13-14,20H,2-11H2,1H3,(H,18,21). The van der Waals surface area contributed by atoms with Gasteiger partial charge in [0.2, 0.25) is 5.91 Å². The highest BCUT2D eigenvalue weighted by Crippen LogP contribution is 2.28. The van der Waals surface area contributed by atoms with Crippen LogP contribution < -0.4 is 5.32 Å². The second-order valence-corrected chi connectivity index (χ2v) is 6.76. The molecule has 0 heterocycles. The van der Waals surface area contributed by atoms with Crippen molar-refractivity contribution in [1.82, 2.24) is 10.2 Å². The summed E-state index contributed by atoms with van der Waals surface area (Å²) < 4.78 is 0. The fraction of sp³-hybridized carbons (Fsp3) is 0.875. The zero-order chi connectivity index (χ0) is 15.3. The van der Waals surface area contributed by atoms with Crippen LogP contribution in [0.5, 0.6) is 0 Å². The minimum Gasteiger partial charge on any atom is -0.393 e. The molecule has 2 saturated carbocycles. The van der Waals surface area contributed by atoms with Gasteiger partial charge in [-0.15, -0.1) is 0 Å². The van der Waals surface area contributed by atoms with Crippen molar-refractivity contribution >= 4 is 5.91 Å². The lowest BCUT2D eigenvalue weighted by Gasteiger charge is -2.32. The van der Waals surface area contributed by atoms with E-state index in [0.29, 0.717) is 6.54 Å². The first kappa shape index (κ1) is 16.3. The number of hydrogen-bond acceptors (Lipinski definition) is 4. The SMILES string of the molecule is CN(CC(=O)NC1(C#N)CCCCC1)CC1CCCC1O. The third-order valence-corrected chi connectivity index (χ3v) is 4.88. The van der Waals surface area contributed by atoms with Gasteiger partial charge in [-0.3, -0.25) is 9.69 Å². The van der Waals surface area contributed by atoms with E-state index < -0.39 is 5.54 Å². The Morgan fingerprint density at radius 1 is 1.33 bits per heavy atom. The van der Waals surface area contributed by atoms with Gasteiger partial charge in [-0.25, -0.2) is 0 Å². The summed E-state index contributed by atoms with van der Waals surface area (Å²) in [6, 6.07) is 2.31. The van der Waals surface area contributed by atoms with E-state index in [1.807, 2.05) is 11.9 Å². The van der Waals surface area contributed by atoms with Crippen molar-refractivity contribution in [2.75, 3.05) is 20.1 Å². The highest BCUT2D eigenvalue weighted by atomic mass is 16.3. The Kier molecular flexibility index (Phi) is 5.60. The molecule has 118 valence electrons. The van der Waals surface area contributed by atoms with Crippen LogP contribution in [0.4, 0.5) is 0 Å². The highest BCUT2D eigenvalue weighted by Gasteiger charge is 2.34. The largest absolute Gasteiger partial charge is 0.393 e. The maximum absolute atomic E-state index is 12.2. The average molecular weight is 293 g/mol. The van der Waals surface area contributed by atoms with Crippen LogP contribution in [-0.4, -0.2) is 47.7 Å². The quantitative estimate of drug-likeness (QED) is 0.804. The molecule has 2 atom stereocenters. The van der Waals surface area contributed by atoms with Crippen LogP contribution in [0.2, 0.25) is 0 Å². The third kappa shape index (κ3) is 4.42. The van der Waals surface area contributed by atoms with E-state index in [0.717, 1.165) is 57.9 Å². The van der Waals surface area contributed by atoms with Gasteiger partial charge in [0.15, 0.2) is 0 Å². The first-order valence-electron chi connectivity index (χ1n) is 8.13. The number of amides is 1. The minimum absolute atomic E-state index is 0.0755. The van der Waals surface area contributed by atoms with Gasteiger partial charge in [-0.1, -0.05) is 25.7 Å². The van der Waals surface area contributed by atoms with Crippen molar-refractivity contribution in [3.63, 3.8) is 0 Å². The molecule has 0 aromatic rings. The van der Waals surface area contributed by atoms with E-state index >= 15 is 0 Å². The molecule has 0 saturated heterocycles. The van der Waals surface area contributed by atoms with Crippen molar-refractivity contribution in [3.05, 3.63) is 0 Å². The first-order valence-corrected chi connectivity index (χ1v) is 8.13. The number of nitrogens with zero attached hydrogens (tertiary/aromatic N) is 2. The van der Waals surface area contributed by atoms with Crippen LogP contribution in [0.25, 0.3) is 0 Å². The number of aliphatic hydroxyl groups is 1. The molecule has 0 spiro atoms. The molecule has 0 aromatic heterocycles. The number of nitriles is 1. The predicted octanol–water partition coefficient (Wildman–Crippen LogP) is 1.42. The lowest BCUT2D eigenvalue weighted by Crippen LogP contribution is -2.51. The molecule has 0 aromatic carbocycles. The molecule has 1 amide bonds. The van der Waals surface area contributed by atoms with Crippen molar-refractivity contribution in [2.45, 2.75) is 63.0 Å². The summed E-state index contributed by atoms with van der Waals surface area (Å²) in [7, 11) is 1.91. The van der Waals surface area contributed by atoms with Crippen molar-refractivity contribution in [3.8, 4) is 6.07 Å². The van der Waals surface area contributed by atoms with E-state index in [-0.39, 0.29) is 17.9 Å².